The number of amides is 1. The second-order valence-electron chi connectivity index (χ2n) is 5.04. The number of unbranched alkanes of at least 4 members (excludes halogenated alkanes) is 4. The Hall–Kier alpha value is -0.930. The maximum Gasteiger partial charge on any atom is 0.260 e. The fraction of sp³-hybridized carbons (Fsp3) is 0.562. The molecule has 5 heteroatoms. The third kappa shape index (κ3) is 7.05. The highest BCUT2D eigenvalue weighted by Crippen LogP contribution is 2.28. The van der Waals surface area contributed by atoms with Crippen LogP contribution in [0.1, 0.15) is 46.0 Å². The predicted octanol–water partition coefficient (Wildman–Crippen LogP) is 4.85. The van der Waals surface area contributed by atoms with E-state index in [0.29, 0.717) is 22.3 Å². The smallest absolute Gasteiger partial charge is 0.260 e. The molecule has 1 unspecified atom stereocenters. The van der Waals surface area contributed by atoms with Crippen molar-refractivity contribution >= 4 is 29.1 Å². The molecule has 0 bridgehead atoms. The molecule has 1 rings (SSSR count). The van der Waals surface area contributed by atoms with Crippen molar-refractivity contribution in [3.63, 3.8) is 0 Å². The lowest BCUT2D eigenvalue weighted by molar-refractivity contribution is -0.127. The number of nitrogens with one attached hydrogen (secondary N) is 1. The molecule has 0 saturated carbocycles. The van der Waals surface area contributed by atoms with E-state index in [-0.39, 0.29) is 5.91 Å². The third-order valence-electron chi connectivity index (χ3n) is 3.15. The van der Waals surface area contributed by atoms with E-state index in [0.717, 1.165) is 12.8 Å². The first kappa shape index (κ1) is 18.1. The Kier molecular flexibility index (Phi) is 8.55. The van der Waals surface area contributed by atoms with Crippen LogP contribution >= 0.6 is 23.2 Å². The normalized spacial score (nSPS) is 12.0. The van der Waals surface area contributed by atoms with Gasteiger partial charge in [-0.2, -0.15) is 0 Å². The zero-order valence-electron chi connectivity index (χ0n) is 12.6. The molecular weight excluding hydrogens is 309 g/mol. The van der Waals surface area contributed by atoms with Crippen LogP contribution in [0.2, 0.25) is 10.0 Å². The average molecular weight is 332 g/mol. The molecule has 1 amide bonds. The molecule has 1 atom stereocenters. The van der Waals surface area contributed by atoms with Crippen LogP contribution in [0.25, 0.3) is 0 Å². The van der Waals surface area contributed by atoms with Crippen LogP contribution in [-0.4, -0.2) is 18.6 Å². The molecule has 0 spiro atoms. The van der Waals surface area contributed by atoms with E-state index in [1.54, 1.807) is 25.1 Å². The summed E-state index contributed by atoms with van der Waals surface area (Å²) in [5.41, 5.74) is 0. The number of hydrogen-bond acceptors (Lipinski definition) is 2. The van der Waals surface area contributed by atoms with Gasteiger partial charge in [0, 0.05) is 11.6 Å². The highest BCUT2D eigenvalue weighted by Gasteiger charge is 2.15. The first-order valence-electron chi connectivity index (χ1n) is 7.44. The lowest BCUT2D eigenvalue weighted by Gasteiger charge is -2.15. The van der Waals surface area contributed by atoms with Gasteiger partial charge in [0.1, 0.15) is 5.75 Å². The Labute approximate surface area is 137 Å². The maximum atomic E-state index is 11.9. The monoisotopic (exact) mass is 331 g/mol. The summed E-state index contributed by atoms with van der Waals surface area (Å²) in [6.45, 7) is 4.57. The summed E-state index contributed by atoms with van der Waals surface area (Å²) in [5.74, 6) is 0.336. The predicted molar refractivity (Wildman–Crippen MR) is 88.3 cm³/mol. The SMILES string of the molecule is CCCCCCCNC(=O)C(C)Oc1ccc(Cl)cc1Cl. The van der Waals surface area contributed by atoms with Crippen molar-refractivity contribution in [1.29, 1.82) is 0 Å². The molecule has 1 aromatic carbocycles. The van der Waals surface area contributed by atoms with Crippen LogP contribution in [0.5, 0.6) is 5.75 Å². The summed E-state index contributed by atoms with van der Waals surface area (Å²) >= 11 is 11.8. The second kappa shape index (κ2) is 9.91. The summed E-state index contributed by atoms with van der Waals surface area (Å²) in [4.78, 5) is 11.9. The van der Waals surface area contributed by atoms with E-state index in [9.17, 15) is 4.79 Å². The van der Waals surface area contributed by atoms with Gasteiger partial charge in [-0.25, -0.2) is 0 Å². The number of ether oxygens (including phenoxy) is 1. The Morgan fingerprint density at radius 3 is 2.62 bits per heavy atom. The lowest BCUT2D eigenvalue weighted by atomic mass is 10.1. The van der Waals surface area contributed by atoms with Gasteiger partial charge in [-0.15, -0.1) is 0 Å². The molecule has 0 fully saturated rings. The van der Waals surface area contributed by atoms with Crippen LogP contribution in [-0.2, 0) is 4.79 Å². The molecule has 1 aromatic rings. The van der Waals surface area contributed by atoms with Crippen LogP contribution in [0, 0.1) is 0 Å². The average Bonchev–Trinajstić information content (AvgIpc) is 2.45. The molecule has 0 aromatic heterocycles. The minimum Gasteiger partial charge on any atom is -0.479 e. The third-order valence-corrected chi connectivity index (χ3v) is 3.68. The van der Waals surface area contributed by atoms with Crippen LogP contribution < -0.4 is 10.1 Å². The first-order valence-corrected chi connectivity index (χ1v) is 8.19. The van der Waals surface area contributed by atoms with E-state index in [2.05, 4.69) is 12.2 Å². The second-order valence-corrected chi connectivity index (χ2v) is 5.88. The van der Waals surface area contributed by atoms with Crippen molar-refractivity contribution in [2.45, 2.75) is 52.1 Å². The fourth-order valence-corrected chi connectivity index (χ4v) is 2.35. The molecule has 0 aliphatic rings. The highest BCUT2D eigenvalue weighted by atomic mass is 35.5. The van der Waals surface area contributed by atoms with Crippen LogP contribution in [0.4, 0.5) is 0 Å². The summed E-state index contributed by atoms with van der Waals surface area (Å²) in [5, 5.41) is 3.82. The van der Waals surface area contributed by atoms with E-state index in [1.807, 2.05) is 0 Å². The highest BCUT2D eigenvalue weighted by molar-refractivity contribution is 6.35. The number of carbonyl (C=O) groups excluding carboxylic acids is 1. The molecule has 0 aliphatic heterocycles. The van der Waals surface area contributed by atoms with E-state index in [1.165, 1.54) is 19.3 Å². The molecule has 118 valence electrons. The van der Waals surface area contributed by atoms with Crippen LogP contribution in [0.3, 0.4) is 0 Å². The quantitative estimate of drug-likeness (QED) is 0.657. The van der Waals surface area contributed by atoms with Gasteiger partial charge < -0.3 is 10.1 Å². The topological polar surface area (TPSA) is 38.3 Å². The maximum absolute atomic E-state index is 11.9. The Morgan fingerprint density at radius 2 is 1.95 bits per heavy atom. The minimum absolute atomic E-state index is 0.128. The van der Waals surface area contributed by atoms with Gasteiger partial charge >= 0.3 is 0 Å². The molecule has 0 radical (unpaired) electrons. The van der Waals surface area contributed by atoms with Gasteiger partial charge in [0.2, 0.25) is 0 Å². The van der Waals surface area contributed by atoms with Gasteiger partial charge in [0.25, 0.3) is 5.91 Å². The molecule has 3 nitrogen and oxygen atoms in total. The number of hydrogen-bond donors (Lipinski definition) is 1. The minimum atomic E-state index is -0.584. The standard InChI is InChI=1S/C16H23Cl2NO2/c1-3-4-5-6-7-10-19-16(20)12(2)21-15-9-8-13(17)11-14(15)18/h8-9,11-12H,3-7,10H2,1-2H3,(H,19,20). The zero-order chi connectivity index (χ0) is 15.7. The van der Waals surface area contributed by atoms with Gasteiger partial charge in [-0.3, -0.25) is 4.79 Å². The van der Waals surface area contributed by atoms with Crippen molar-refractivity contribution in [1.82, 2.24) is 5.32 Å². The lowest BCUT2D eigenvalue weighted by Crippen LogP contribution is -2.36. The number of rotatable bonds is 9. The summed E-state index contributed by atoms with van der Waals surface area (Å²) < 4.78 is 5.55. The largest absolute Gasteiger partial charge is 0.479 e. The van der Waals surface area contributed by atoms with Crippen molar-refractivity contribution in [2.24, 2.45) is 0 Å². The fourth-order valence-electron chi connectivity index (χ4n) is 1.90. The Balaban J connectivity index is 2.30. The van der Waals surface area contributed by atoms with E-state index in [4.69, 9.17) is 27.9 Å². The van der Waals surface area contributed by atoms with E-state index < -0.39 is 6.10 Å². The van der Waals surface area contributed by atoms with Gasteiger partial charge in [0.05, 0.1) is 5.02 Å². The van der Waals surface area contributed by atoms with Crippen LogP contribution in [0.15, 0.2) is 18.2 Å². The number of benzene rings is 1. The number of halogens is 2. The van der Waals surface area contributed by atoms with Gasteiger partial charge in [-0.1, -0.05) is 55.8 Å². The van der Waals surface area contributed by atoms with Gasteiger partial charge in [0.15, 0.2) is 6.10 Å². The van der Waals surface area contributed by atoms with Crippen molar-refractivity contribution in [2.75, 3.05) is 6.54 Å². The molecule has 0 aliphatic carbocycles. The Bertz CT molecular complexity index is 452. The van der Waals surface area contributed by atoms with Crippen molar-refractivity contribution in [3.8, 4) is 5.75 Å². The summed E-state index contributed by atoms with van der Waals surface area (Å²) in [7, 11) is 0. The van der Waals surface area contributed by atoms with E-state index >= 15 is 0 Å². The summed E-state index contributed by atoms with van der Waals surface area (Å²) in [6.07, 6.45) is 5.26. The molecule has 1 N–H and O–H groups in total. The van der Waals surface area contributed by atoms with Gasteiger partial charge in [-0.05, 0) is 31.5 Å². The Morgan fingerprint density at radius 1 is 1.24 bits per heavy atom. The first-order chi connectivity index (χ1) is 10.0. The number of carbonyl (C=O) groups is 1. The molecule has 21 heavy (non-hydrogen) atoms. The summed E-state index contributed by atoms with van der Waals surface area (Å²) in [6, 6.07) is 4.94. The molecular formula is C16H23Cl2NO2. The molecule has 0 heterocycles. The van der Waals surface area contributed by atoms with Crippen molar-refractivity contribution < 1.29 is 9.53 Å². The van der Waals surface area contributed by atoms with Crippen molar-refractivity contribution in [3.05, 3.63) is 28.2 Å². The zero-order valence-corrected chi connectivity index (χ0v) is 14.1. The molecule has 0 saturated heterocycles.